The lowest BCUT2D eigenvalue weighted by Crippen LogP contribution is -2.27. The Morgan fingerprint density at radius 3 is 2.79 bits per heavy atom. The zero-order chi connectivity index (χ0) is 10.7. The third-order valence-corrected chi connectivity index (χ3v) is 2.09. The number of aromatic nitrogens is 1. The SMILES string of the molecule is NCC(O)C(O)c1cc(F)ncc1Cl. The molecular weight excluding hydrogens is 211 g/mol. The van der Waals surface area contributed by atoms with E-state index in [-0.39, 0.29) is 17.1 Å². The second-order valence-corrected chi connectivity index (χ2v) is 3.18. The van der Waals surface area contributed by atoms with Crippen LogP contribution in [0.3, 0.4) is 0 Å². The van der Waals surface area contributed by atoms with E-state index in [1.807, 2.05) is 0 Å². The molecule has 4 N–H and O–H groups in total. The van der Waals surface area contributed by atoms with Gasteiger partial charge >= 0.3 is 0 Å². The molecule has 0 radical (unpaired) electrons. The number of rotatable bonds is 3. The second-order valence-electron chi connectivity index (χ2n) is 2.78. The number of hydrogen-bond donors (Lipinski definition) is 3. The minimum Gasteiger partial charge on any atom is -0.389 e. The third-order valence-electron chi connectivity index (χ3n) is 1.78. The zero-order valence-corrected chi connectivity index (χ0v) is 7.95. The number of nitrogens with two attached hydrogens (primary N) is 1. The van der Waals surface area contributed by atoms with Crippen LogP contribution in [0.4, 0.5) is 4.39 Å². The van der Waals surface area contributed by atoms with Crippen LogP contribution in [0.2, 0.25) is 5.02 Å². The fourth-order valence-electron chi connectivity index (χ4n) is 0.990. The van der Waals surface area contributed by atoms with Gasteiger partial charge in [-0.15, -0.1) is 0 Å². The molecule has 1 rings (SSSR count). The summed E-state index contributed by atoms with van der Waals surface area (Å²) in [6.07, 6.45) is -1.40. The Morgan fingerprint density at radius 2 is 2.21 bits per heavy atom. The molecule has 0 aliphatic heterocycles. The van der Waals surface area contributed by atoms with E-state index in [1.54, 1.807) is 0 Å². The van der Waals surface area contributed by atoms with Gasteiger partial charge in [0.05, 0.1) is 11.1 Å². The molecule has 0 aromatic carbocycles. The van der Waals surface area contributed by atoms with E-state index in [0.717, 1.165) is 12.3 Å². The smallest absolute Gasteiger partial charge is 0.213 e. The predicted octanol–water partition coefficient (Wildman–Crippen LogP) is 0.227. The van der Waals surface area contributed by atoms with E-state index in [1.165, 1.54) is 0 Å². The molecule has 0 bridgehead atoms. The summed E-state index contributed by atoms with van der Waals surface area (Å²) in [5, 5.41) is 18.8. The van der Waals surface area contributed by atoms with Crippen molar-refractivity contribution in [3.63, 3.8) is 0 Å². The number of aliphatic hydroxyl groups excluding tert-OH is 2. The van der Waals surface area contributed by atoms with Crippen molar-refractivity contribution in [3.05, 3.63) is 28.8 Å². The first-order valence-electron chi connectivity index (χ1n) is 3.93. The first-order chi connectivity index (χ1) is 6.56. The molecule has 1 heterocycles. The summed E-state index contributed by atoms with van der Waals surface area (Å²) in [5.74, 6) is -0.771. The molecule has 2 atom stereocenters. The maximum atomic E-state index is 12.7. The van der Waals surface area contributed by atoms with Crippen LogP contribution in [0.25, 0.3) is 0 Å². The van der Waals surface area contributed by atoms with Gasteiger partial charge in [0.1, 0.15) is 6.10 Å². The van der Waals surface area contributed by atoms with E-state index in [0.29, 0.717) is 0 Å². The van der Waals surface area contributed by atoms with Crippen LogP contribution >= 0.6 is 11.6 Å². The molecule has 0 aliphatic carbocycles. The van der Waals surface area contributed by atoms with Crippen LogP contribution in [0, 0.1) is 5.95 Å². The molecule has 78 valence electrons. The molecule has 1 aromatic rings. The lowest BCUT2D eigenvalue weighted by atomic mass is 10.1. The van der Waals surface area contributed by atoms with Crippen molar-refractivity contribution in [2.24, 2.45) is 5.73 Å². The highest BCUT2D eigenvalue weighted by molar-refractivity contribution is 6.31. The van der Waals surface area contributed by atoms with Crippen LogP contribution in [0.1, 0.15) is 11.7 Å². The Balaban J connectivity index is 2.99. The van der Waals surface area contributed by atoms with E-state index >= 15 is 0 Å². The minimum atomic E-state index is -1.30. The maximum absolute atomic E-state index is 12.7. The van der Waals surface area contributed by atoms with Crippen LogP contribution < -0.4 is 5.73 Å². The van der Waals surface area contributed by atoms with Crippen molar-refractivity contribution in [2.45, 2.75) is 12.2 Å². The number of hydrogen-bond acceptors (Lipinski definition) is 4. The van der Waals surface area contributed by atoms with Gasteiger partial charge in [-0.05, 0) is 0 Å². The predicted molar refractivity (Wildman–Crippen MR) is 49.2 cm³/mol. The average Bonchev–Trinajstić information content (AvgIpc) is 2.19. The number of pyridine rings is 1. The van der Waals surface area contributed by atoms with Crippen LogP contribution in [0.15, 0.2) is 12.3 Å². The van der Waals surface area contributed by atoms with Gasteiger partial charge in [0, 0.05) is 24.4 Å². The van der Waals surface area contributed by atoms with Crippen LogP contribution in [0.5, 0.6) is 0 Å². The molecular formula is C8H10ClFN2O2. The normalized spacial score (nSPS) is 15.2. The summed E-state index contributed by atoms with van der Waals surface area (Å²) < 4.78 is 12.7. The van der Waals surface area contributed by atoms with Crippen molar-refractivity contribution in [2.75, 3.05) is 6.54 Å². The van der Waals surface area contributed by atoms with E-state index in [4.69, 9.17) is 17.3 Å². The topological polar surface area (TPSA) is 79.4 Å². The lowest BCUT2D eigenvalue weighted by Gasteiger charge is -2.17. The van der Waals surface area contributed by atoms with Gasteiger partial charge in [-0.1, -0.05) is 11.6 Å². The van der Waals surface area contributed by atoms with Crippen molar-refractivity contribution >= 4 is 11.6 Å². The van der Waals surface area contributed by atoms with E-state index < -0.39 is 18.2 Å². The zero-order valence-electron chi connectivity index (χ0n) is 7.19. The van der Waals surface area contributed by atoms with Crippen LogP contribution in [-0.4, -0.2) is 27.8 Å². The molecule has 0 spiro atoms. The number of aliphatic hydroxyl groups is 2. The molecule has 2 unspecified atom stereocenters. The average molecular weight is 221 g/mol. The highest BCUT2D eigenvalue weighted by Gasteiger charge is 2.20. The Morgan fingerprint density at radius 1 is 1.57 bits per heavy atom. The van der Waals surface area contributed by atoms with Gasteiger partial charge in [0.25, 0.3) is 0 Å². The first kappa shape index (κ1) is 11.3. The molecule has 4 nitrogen and oxygen atoms in total. The quantitative estimate of drug-likeness (QED) is 0.637. The Kier molecular flexibility index (Phi) is 3.77. The molecule has 0 amide bonds. The summed E-state index contributed by atoms with van der Waals surface area (Å²) in [6, 6.07) is 0.964. The summed E-state index contributed by atoms with van der Waals surface area (Å²) in [5.41, 5.74) is 5.22. The van der Waals surface area contributed by atoms with Gasteiger partial charge in [-0.3, -0.25) is 0 Å². The van der Waals surface area contributed by atoms with Gasteiger partial charge < -0.3 is 15.9 Å². The highest BCUT2D eigenvalue weighted by Crippen LogP contribution is 2.24. The highest BCUT2D eigenvalue weighted by atomic mass is 35.5. The Bertz CT molecular complexity index is 324. The second kappa shape index (κ2) is 4.65. The molecule has 0 aliphatic rings. The van der Waals surface area contributed by atoms with Crippen molar-refractivity contribution < 1.29 is 14.6 Å². The molecule has 1 aromatic heterocycles. The molecule has 6 heteroatoms. The standard InChI is InChI=1S/C8H10ClFN2O2/c9-5-3-12-7(10)1-4(5)8(14)6(13)2-11/h1,3,6,8,13-14H,2,11H2. The monoisotopic (exact) mass is 220 g/mol. The summed E-state index contributed by atoms with van der Waals surface area (Å²) in [7, 11) is 0. The van der Waals surface area contributed by atoms with E-state index in [2.05, 4.69) is 4.98 Å². The Hall–Kier alpha value is -0.750. The fraction of sp³-hybridized carbons (Fsp3) is 0.375. The number of nitrogens with zero attached hydrogens (tertiary/aromatic N) is 1. The van der Waals surface area contributed by atoms with Gasteiger partial charge in [-0.2, -0.15) is 4.39 Å². The van der Waals surface area contributed by atoms with E-state index in [9.17, 15) is 14.6 Å². The minimum absolute atomic E-state index is 0.0807. The fourth-order valence-corrected chi connectivity index (χ4v) is 1.21. The summed E-state index contributed by atoms with van der Waals surface area (Å²) in [6.45, 7) is -0.137. The molecule has 0 saturated heterocycles. The maximum Gasteiger partial charge on any atom is 0.213 e. The van der Waals surface area contributed by atoms with Crippen molar-refractivity contribution in [1.29, 1.82) is 0 Å². The summed E-state index contributed by atoms with van der Waals surface area (Å²) >= 11 is 5.65. The Labute approximate surface area is 85.1 Å². The van der Waals surface area contributed by atoms with Crippen molar-refractivity contribution in [3.8, 4) is 0 Å². The third kappa shape index (κ3) is 2.39. The van der Waals surface area contributed by atoms with Gasteiger partial charge in [0.2, 0.25) is 5.95 Å². The van der Waals surface area contributed by atoms with Crippen molar-refractivity contribution in [1.82, 2.24) is 4.98 Å². The molecule has 0 fully saturated rings. The van der Waals surface area contributed by atoms with Gasteiger partial charge in [0.15, 0.2) is 0 Å². The molecule has 0 saturated carbocycles. The van der Waals surface area contributed by atoms with Gasteiger partial charge in [-0.25, -0.2) is 4.98 Å². The number of halogens is 2. The summed E-state index contributed by atoms with van der Waals surface area (Å²) in [4.78, 5) is 3.28. The molecule has 14 heavy (non-hydrogen) atoms. The largest absolute Gasteiger partial charge is 0.389 e. The first-order valence-corrected chi connectivity index (χ1v) is 4.31. The lowest BCUT2D eigenvalue weighted by molar-refractivity contribution is 0.0241. The van der Waals surface area contributed by atoms with Crippen LogP contribution in [-0.2, 0) is 0 Å².